The van der Waals surface area contributed by atoms with Gasteiger partial charge in [-0.15, -0.1) is 0 Å². The molecule has 0 aliphatic carbocycles. The van der Waals surface area contributed by atoms with Gasteiger partial charge >= 0.3 is 0 Å². The summed E-state index contributed by atoms with van der Waals surface area (Å²) in [6.45, 7) is 4.89. The molecule has 1 aromatic carbocycles. The van der Waals surface area contributed by atoms with Crippen molar-refractivity contribution in [2.75, 3.05) is 6.61 Å². The lowest BCUT2D eigenvalue weighted by Gasteiger charge is -2.23. The van der Waals surface area contributed by atoms with Gasteiger partial charge in [-0.25, -0.2) is 0 Å². The fourth-order valence-electron chi connectivity index (χ4n) is 2.49. The maximum Gasteiger partial charge on any atom is 0.123 e. The Morgan fingerprint density at radius 3 is 2.94 bits per heavy atom. The number of rotatable bonds is 4. The number of hydrogen-bond acceptors (Lipinski definition) is 2. The molecule has 2 nitrogen and oxygen atoms in total. The Kier molecular flexibility index (Phi) is 3.49. The van der Waals surface area contributed by atoms with Crippen molar-refractivity contribution in [2.24, 2.45) is 5.92 Å². The lowest BCUT2D eigenvalue weighted by molar-refractivity contribution is 0.0749. The average molecular weight is 220 g/mol. The SMILES string of the molecule is CCCC(C)C(O)C1COc2ccccc21. The summed E-state index contributed by atoms with van der Waals surface area (Å²) in [4.78, 5) is 0. The van der Waals surface area contributed by atoms with Gasteiger partial charge in [0.2, 0.25) is 0 Å². The molecule has 1 aliphatic heterocycles. The van der Waals surface area contributed by atoms with Crippen molar-refractivity contribution < 1.29 is 9.84 Å². The summed E-state index contributed by atoms with van der Waals surface area (Å²) < 4.78 is 5.60. The van der Waals surface area contributed by atoms with E-state index in [1.807, 2.05) is 18.2 Å². The Morgan fingerprint density at radius 1 is 1.44 bits per heavy atom. The molecular formula is C14H20O2. The number of aliphatic hydroxyl groups is 1. The van der Waals surface area contributed by atoms with E-state index >= 15 is 0 Å². The van der Waals surface area contributed by atoms with Gasteiger partial charge in [0.05, 0.1) is 12.7 Å². The Hall–Kier alpha value is -1.02. The van der Waals surface area contributed by atoms with Crippen LogP contribution < -0.4 is 4.74 Å². The van der Waals surface area contributed by atoms with E-state index in [0.29, 0.717) is 12.5 Å². The third-order valence-corrected chi connectivity index (χ3v) is 3.48. The van der Waals surface area contributed by atoms with Gasteiger partial charge in [0.15, 0.2) is 0 Å². The molecular weight excluding hydrogens is 200 g/mol. The maximum absolute atomic E-state index is 10.3. The summed E-state index contributed by atoms with van der Waals surface area (Å²) in [5.74, 6) is 1.43. The number of ether oxygens (including phenoxy) is 1. The van der Waals surface area contributed by atoms with Crippen LogP contribution in [0.3, 0.4) is 0 Å². The van der Waals surface area contributed by atoms with Gasteiger partial charge in [-0.05, 0) is 18.4 Å². The van der Waals surface area contributed by atoms with Crippen molar-refractivity contribution in [2.45, 2.75) is 38.7 Å². The molecule has 3 atom stereocenters. The van der Waals surface area contributed by atoms with Crippen LogP contribution in [0.1, 0.15) is 38.2 Å². The summed E-state index contributed by atoms with van der Waals surface area (Å²) >= 11 is 0. The standard InChI is InChI=1S/C14H20O2/c1-3-6-10(2)14(15)12-9-16-13-8-5-4-7-11(12)13/h4-5,7-8,10,12,14-15H,3,6,9H2,1-2H3. The molecule has 88 valence electrons. The molecule has 0 bridgehead atoms. The van der Waals surface area contributed by atoms with E-state index < -0.39 is 0 Å². The predicted molar refractivity (Wildman–Crippen MR) is 64.8 cm³/mol. The molecule has 0 saturated carbocycles. The van der Waals surface area contributed by atoms with Crippen molar-refractivity contribution in [3.63, 3.8) is 0 Å². The Bertz CT molecular complexity index is 348. The second kappa shape index (κ2) is 4.88. The first kappa shape index (κ1) is 11.5. The van der Waals surface area contributed by atoms with E-state index in [-0.39, 0.29) is 12.0 Å². The monoisotopic (exact) mass is 220 g/mol. The van der Waals surface area contributed by atoms with Gasteiger partial charge in [-0.1, -0.05) is 38.5 Å². The molecule has 0 spiro atoms. The minimum Gasteiger partial charge on any atom is -0.493 e. The van der Waals surface area contributed by atoms with Gasteiger partial charge < -0.3 is 9.84 Å². The normalized spacial score (nSPS) is 22.3. The second-order valence-electron chi connectivity index (χ2n) is 4.71. The van der Waals surface area contributed by atoms with Crippen LogP contribution in [-0.2, 0) is 0 Å². The van der Waals surface area contributed by atoms with Crippen LogP contribution in [0.15, 0.2) is 24.3 Å². The van der Waals surface area contributed by atoms with Gasteiger partial charge in [-0.2, -0.15) is 0 Å². The molecule has 1 aromatic rings. The topological polar surface area (TPSA) is 29.5 Å². The molecule has 0 radical (unpaired) electrons. The zero-order chi connectivity index (χ0) is 11.5. The largest absolute Gasteiger partial charge is 0.493 e. The van der Waals surface area contributed by atoms with Crippen molar-refractivity contribution in [3.8, 4) is 5.75 Å². The van der Waals surface area contributed by atoms with Crippen LogP contribution in [0, 0.1) is 5.92 Å². The molecule has 0 amide bonds. The van der Waals surface area contributed by atoms with Crippen LogP contribution in [0.5, 0.6) is 5.75 Å². The molecule has 2 heteroatoms. The molecule has 0 saturated heterocycles. The van der Waals surface area contributed by atoms with Gasteiger partial charge in [0, 0.05) is 11.5 Å². The van der Waals surface area contributed by atoms with Crippen molar-refractivity contribution >= 4 is 0 Å². The predicted octanol–water partition coefficient (Wildman–Crippen LogP) is 2.96. The highest BCUT2D eigenvalue weighted by atomic mass is 16.5. The van der Waals surface area contributed by atoms with Crippen molar-refractivity contribution in [1.29, 1.82) is 0 Å². The van der Waals surface area contributed by atoms with E-state index in [1.54, 1.807) is 0 Å². The molecule has 1 heterocycles. The van der Waals surface area contributed by atoms with Gasteiger partial charge in [0.25, 0.3) is 0 Å². The highest BCUT2D eigenvalue weighted by Crippen LogP contribution is 2.38. The molecule has 2 rings (SSSR count). The lowest BCUT2D eigenvalue weighted by Crippen LogP contribution is -2.26. The highest BCUT2D eigenvalue weighted by molar-refractivity contribution is 5.40. The minimum absolute atomic E-state index is 0.151. The first-order valence-electron chi connectivity index (χ1n) is 6.13. The smallest absolute Gasteiger partial charge is 0.123 e. The maximum atomic E-state index is 10.3. The lowest BCUT2D eigenvalue weighted by atomic mass is 9.86. The fraction of sp³-hybridized carbons (Fsp3) is 0.571. The number of para-hydroxylation sites is 1. The summed E-state index contributed by atoms with van der Waals surface area (Å²) in [7, 11) is 0. The number of benzene rings is 1. The van der Waals surface area contributed by atoms with Crippen LogP contribution in [0.2, 0.25) is 0 Å². The summed E-state index contributed by atoms with van der Waals surface area (Å²) in [5.41, 5.74) is 1.16. The van der Waals surface area contributed by atoms with Crippen LogP contribution >= 0.6 is 0 Å². The van der Waals surface area contributed by atoms with Crippen molar-refractivity contribution in [1.82, 2.24) is 0 Å². The first-order valence-corrected chi connectivity index (χ1v) is 6.13. The molecule has 0 fully saturated rings. The van der Waals surface area contributed by atoms with E-state index in [9.17, 15) is 5.11 Å². The molecule has 0 aromatic heterocycles. The Morgan fingerprint density at radius 2 is 2.19 bits per heavy atom. The Labute approximate surface area is 97.3 Å². The van der Waals surface area contributed by atoms with Gasteiger partial charge in [0.1, 0.15) is 5.75 Å². The third kappa shape index (κ3) is 2.07. The number of fused-ring (bicyclic) bond motifs is 1. The van der Waals surface area contributed by atoms with E-state index in [1.165, 1.54) is 0 Å². The third-order valence-electron chi connectivity index (χ3n) is 3.48. The number of aliphatic hydroxyl groups excluding tert-OH is 1. The molecule has 1 N–H and O–H groups in total. The van der Waals surface area contributed by atoms with Crippen LogP contribution in [-0.4, -0.2) is 17.8 Å². The average Bonchev–Trinajstić information content (AvgIpc) is 2.72. The quantitative estimate of drug-likeness (QED) is 0.845. The zero-order valence-corrected chi connectivity index (χ0v) is 10.0. The second-order valence-corrected chi connectivity index (χ2v) is 4.71. The summed E-state index contributed by atoms with van der Waals surface area (Å²) in [6.07, 6.45) is 1.90. The minimum atomic E-state index is -0.288. The highest BCUT2D eigenvalue weighted by Gasteiger charge is 2.32. The molecule has 16 heavy (non-hydrogen) atoms. The van der Waals surface area contributed by atoms with E-state index in [4.69, 9.17) is 4.74 Å². The fourth-order valence-corrected chi connectivity index (χ4v) is 2.49. The van der Waals surface area contributed by atoms with Crippen LogP contribution in [0.4, 0.5) is 0 Å². The summed E-state index contributed by atoms with van der Waals surface area (Å²) in [6, 6.07) is 8.03. The molecule has 3 unspecified atom stereocenters. The van der Waals surface area contributed by atoms with Crippen LogP contribution in [0.25, 0.3) is 0 Å². The molecule has 1 aliphatic rings. The zero-order valence-electron chi connectivity index (χ0n) is 10.0. The van der Waals surface area contributed by atoms with E-state index in [2.05, 4.69) is 19.9 Å². The van der Waals surface area contributed by atoms with E-state index in [0.717, 1.165) is 24.2 Å². The first-order chi connectivity index (χ1) is 7.74. The Balaban J connectivity index is 2.12. The summed E-state index contributed by atoms with van der Waals surface area (Å²) in [5, 5.41) is 10.3. The van der Waals surface area contributed by atoms with Gasteiger partial charge in [-0.3, -0.25) is 0 Å². The van der Waals surface area contributed by atoms with Crippen molar-refractivity contribution in [3.05, 3.63) is 29.8 Å². The number of hydrogen-bond donors (Lipinski definition) is 1.